The Morgan fingerprint density at radius 1 is 1.19 bits per heavy atom. The Balaban J connectivity index is 1.72. The van der Waals surface area contributed by atoms with Gasteiger partial charge in [0.15, 0.2) is 0 Å². The van der Waals surface area contributed by atoms with E-state index in [-0.39, 0.29) is 5.91 Å². The molecule has 21 heavy (non-hydrogen) atoms. The van der Waals surface area contributed by atoms with Gasteiger partial charge in [-0.15, -0.1) is 0 Å². The molecule has 1 saturated carbocycles. The molecule has 0 aliphatic heterocycles. The maximum absolute atomic E-state index is 12.2. The Kier molecular flexibility index (Phi) is 7.46. The molecule has 1 aliphatic carbocycles. The van der Waals surface area contributed by atoms with Crippen LogP contribution in [-0.4, -0.2) is 25.0 Å². The molecule has 1 aromatic carbocycles. The first kappa shape index (κ1) is 17.2. The van der Waals surface area contributed by atoms with E-state index in [0.717, 1.165) is 20.2 Å². The maximum atomic E-state index is 12.2. The number of amides is 1. The van der Waals surface area contributed by atoms with Gasteiger partial charge in [-0.1, -0.05) is 41.6 Å². The van der Waals surface area contributed by atoms with Gasteiger partial charge in [0, 0.05) is 27.2 Å². The molecule has 1 aromatic rings. The molecule has 2 N–H and O–H groups in total. The number of halogens is 2. The number of hydrogen-bond acceptors (Lipinski definition) is 2. The van der Waals surface area contributed by atoms with Gasteiger partial charge in [0.2, 0.25) is 0 Å². The van der Waals surface area contributed by atoms with Crippen molar-refractivity contribution in [3.63, 3.8) is 0 Å². The molecule has 0 aromatic heterocycles. The molecule has 116 valence electrons. The van der Waals surface area contributed by atoms with Crippen LogP contribution in [0.15, 0.2) is 22.7 Å². The van der Waals surface area contributed by atoms with Gasteiger partial charge in [0.1, 0.15) is 0 Å². The average Bonchev–Trinajstić information content (AvgIpc) is 2.74. The fraction of sp³-hybridized carbons (Fsp3) is 0.562. The lowest BCUT2D eigenvalue weighted by atomic mass is 10.1. The minimum atomic E-state index is 0.00312. The lowest BCUT2D eigenvalue weighted by molar-refractivity contribution is 0.0952. The van der Waals surface area contributed by atoms with E-state index in [1.165, 1.54) is 38.5 Å². The molecule has 3 nitrogen and oxygen atoms in total. The predicted octanol–water partition coefficient (Wildman–Crippen LogP) is 4.10. The quantitative estimate of drug-likeness (QED) is 0.391. The summed E-state index contributed by atoms with van der Waals surface area (Å²) in [7, 11) is 0. The van der Waals surface area contributed by atoms with Crippen LogP contribution in [0.2, 0.25) is 0 Å². The first-order valence-electron chi connectivity index (χ1n) is 7.63. The molecule has 0 atom stereocenters. The highest BCUT2D eigenvalue weighted by molar-refractivity contribution is 14.1. The molecule has 1 amide bonds. The van der Waals surface area contributed by atoms with Crippen molar-refractivity contribution in [1.29, 1.82) is 0 Å². The van der Waals surface area contributed by atoms with Gasteiger partial charge in [0.05, 0.1) is 5.56 Å². The summed E-state index contributed by atoms with van der Waals surface area (Å²) in [4.78, 5) is 12.2. The Labute approximate surface area is 148 Å². The van der Waals surface area contributed by atoms with Crippen LogP contribution >= 0.6 is 38.5 Å². The zero-order chi connectivity index (χ0) is 15.1. The molecular weight excluding hydrogens is 443 g/mol. The lowest BCUT2D eigenvalue weighted by Gasteiger charge is -2.16. The number of hydrogen-bond donors (Lipinski definition) is 2. The highest BCUT2D eigenvalue weighted by Gasteiger charge is 2.12. The van der Waals surface area contributed by atoms with Crippen molar-refractivity contribution >= 4 is 44.4 Å². The van der Waals surface area contributed by atoms with Crippen molar-refractivity contribution in [2.24, 2.45) is 0 Å². The monoisotopic (exact) mass is 464 g/mol. The van der Waals surface area contributed by atoms with E-state index < -0.39 is 0 Å². The van der Waals surface area contributed by atoms with Crippen LogP contribution in [0.1, 0.15) is 48.9 Å². The first-order valence-corrected chi connectivity index (χ1v) is 9.50. The summed E-state index contributed by atoms with van der Waals surface area (Å²) in [5, 5.41) is 6.56. The molecule has 0 saturated heterocycles. The van der Waals surface area contributed by atoms with Gasteiger partial charge in [-0.3, -0.25) is 4.79 Å². The summed E-state index contributed by atoms with van der Waals surface area (Å²) in [6, 6.07) is 6.40. The molecule has 1 fully saturated rings. The van der Waals surface area contributed by atoms with Gasteiger partial charge < -0.3 is 10.6 Å². The van der Waals surface area contributed by atoms with E-state index in [4.69, 9.17) is 0 Å². The van der Waals surface area contributed by atoms with Gasteiger partial charge in [0.25, 0.3) is 5.91 Å². The summed E-state index contributed by atoms with van der Waals surface area (Å²) < 4.78 is 1.91. The van der Waals surface area contributed by atoms with E-state index in [2.05, 4.69) is 49.2 Å². The van der Waals surface area contributed by atoms with Crippen LogP contribution < -0.4 is 10.6 Å². The molecule has 0 unspecified atom stereocenters. The van der Waals surface area contributed by atoms with Crippen LogP contribution in [0, 0.1) is 3.57 Å². The number of carbonyl (C=O) groups is 1. The van der Waals surface area contributed by atoms with E-state index in [0.29, 0.717) is 12.6 Å². The third kappa shape index (κ3) is 5.87. The fourth-order valence-electron chi connectivity index (χ4n) is 2.70. The second-order valence-corrected chi connectivity index (χ2v) is 7.60. The summed E-state index contributed by atoms with van der Waals surface area (Å²) in [6.45, 7) is 1.53. The van der Waals surface area contributed by atoms with Gasteiger partial charge in [-0.05, 0) is 53.6 Å². The zero-order valence-electron chi connectivity index (χ0n) is 12.1. The Morgan fingerprint density at radius 2 is 1.90 bits per heavy atom. The fourth-order valence-corrected chi connectivity index (χ4v) is 3.64. The predicted molar refractivity (Wildman–Crippen MR) is 98.7 cm³/mol. The number of carbonyl (C=O) groups excluding carboxylic acids is 1. The Hall–Kier alpha value is -0.140. The first-order chi connectivity index (χ1) is 10.2. The Morgan fingerprint density at radius 3 is 2.62 bits per heavy atom. The number of benzene rings is 1. The van der Waals surface area contributed by atoms with E-state index in [1.54, 1.807) is 0 Å². The summed E-state index contributed by atoms with van der Waals surface area (Å²) >= 11 is 5.61. The van der Waals surface area contributed by atoms with Gasteiger partial charge in [-0.25, -0.2) is 0 Å². The smallest absolute Gasteiger partial charge is 0.252 e. The zero-order valence-corrected chi connectivity index (χ0v) is 15.9. The van der Waals surface area contributed by atoms with Crippen molar-refractivity contribution in [2.75, 3.05) is 13.1 Å². The van der Waals surface area contributed by atoms with Crippen molar-refractivity contribution in [2.45, 2.75) is 44.6 Å². The number of nitrogens with one attached hydrogen (secondary N) is 2. The largest absolute Gasteiger partial charge is 0.351 e. The van der Waals surface area contributed by atoms with Crippen molar-refractivity contribution in [3.05, 3.63) is 31.8 Å². The second kappa shape index (κ2) is 9.10. The minimum absolute atomic E-state index is 0.00312. The van der Waals surface area contributed by atoms with Gasteiger partial charge in [-0.2, -0.15) is 0 Å². The maximum Gasteiger partial charge on any atom is 0.252 e. The van der Waals surface area contributed by atoms with Crippen molar-refractivity contribution < 1.29 is 4.79 Å². The van der Waals surface area contributed by atoms with E-state index >= 15 is 0 Å². The number of rotatable bonds is 5. The lowest BCUT2D eigenvalue weighted by Crippen LogP contribution is -2.37. The van der Waals surface area contributed by atoms with E-state index in [1.807, 2.05) is 18.2 Å². The Bertz CT molecular complexity index is 473. The third-order valence-corrected chi connectivity index (χ3v) is 5.31. The summed E-state index contributed by atoms with van der Waals surface area (Å²) in [6.07, 6.45) is 7.96. The molecule has 0 bridgehead atoms. The highest BCUT2D eigenvalue weighted by Crippen LogP contribution is 2.18. The average molecular weight is 465 g/mol. The van der Waals surface area contributed by atoms with E-state index in [9.17, 15) is 4.79 Å². The SMILES string of the molecule is O=C(NCCNC1CCCCCC1)c1cc(Br)ccc1I. The molecule has 5 heteroatoms. The van der Waals surface area contributed by atoms with Crippen LogP contribution in [0.25, 0.3) is 0 Å². The normalized spacial score (nSPS) is 16.5. The summed E-state index contributed by atoms with van der Waals surface area (Å²) in [5.74, 6) is 0.00312. The molecule has 1 aliphatic rings. The minimum Gasteiger partial charge on any atom is -0.351 e. The molecule has 0 radical (unpaired) electrons. The highest BCUT2D eigenvalue weighted by atomic mass is 127. The molecule has 2 rings (SSSR count). The molecular formula is C16H22BrIN2O. The van der Waals surface area contributed by atoms with Gasteiger partial charge >= 0.3 is 0 Å². The topological polar surface area (TPSA) is 41.1 Å². The van der Waals surface area contributed by atoms with Crippen LogP contribution in [-0.2, 0) is 0 Å². The summed E-state index contributed by atoms with van der Waals surface area (Å²) in [5.41, 5.74) is 0.736. The van der Waals surface area contributed by atoms with Crippen LogP contribution in [0.3, 0.4) is 0 Å². The van der Waals surface area contributed by atoms with Crippen LogP contribution in [0.4, 0.5) is 0 Å². The third-order valence-electron chi connectivity index (χ3n) is 3.87. The van der Waals surface area contributed by atoms with Crippen molar-refractivity contribution in [3.8, 4) is 0 Å². The molecule has 0 spiro atoms. The van der Waals surface area contributed by atoms with Crippen molar-refractivity contribution in [1.82, 2.24) is 10.6 Å². The second-order valence-electron chi connectivity index (χ2n) is 5.52. The molecule has 0 heterocycles. The van der Waals surface area contributed by atoms with Crippen LogP contribution in [0.5, 0.6) is 0 Å². The standard InChI is InChI=1S/C16H22BrIN2O/c17-12-7-8-15(18)14(11-12)16(21)20-10-9-19-13-5-3-1-2-4-6-13/h7-8,11,13,19H,1-6,9-10H2,(H,20,21).